The van der Waals surface area contributed by atoms with Gasteiger partial charge >= 0.3 is 0 Å². The number of nitrogens with zero attached hydrogens (tertiary/aromatic N) is 2. The lowest BCUT2D eigenvalue weighted by molar-refractivity contribution is 0.171. The summed E-state index contributed by atoms with van der Waals surface area (Å²) in [7, 11) is 1.56. The third kappa shape index (κ3) is 3.03. The summed E-state index contributed by atoms with van der Waals surface area (Å²) >= 11 is 11.8. The van der Waals surface area contributed by atoms with Crippen molar-refractivity contribution in [2.24, 2.45) is 5.10 Å². The Labute approximate surface area is 136 Å². The van der Waals surface area contributed by atoms with Crippen LogP contribution >= 0.6 is 23.2 Å². The monoisotopic (exact) mass is 339 g/mol. The molecule has 2 heterocycles. The quantitative estimate of drug-likeness (QED) is 0.681. The van der Waals surface area contributed by atoms with Gasteiger partial charge in [-0.1, -0.05) is 23.2 Å². The first-order valence-electron chi connectivity index (χ1n) is 6.25. The summed E-state index contributed by atoms with van der Waals surface area (Å²) < 4.78 is 15.9. The van der Waals surface area contributed by atoms with E-state index in [9.17, 15) is 0 Å². The standard InChI is InChI=1S/C14H11Cl2N3O3/c1-20-11-2-8(3-12-13(11)22-7-21-12)5-18-19-14-10(16)4-9(15)6-17-14/h2-6H,7H2,1H3,(H,17,19)/b18-5-. The molecule has 8 heteroatoms. The molecule has 1 aromatic heterocycles. The van der Waals surface area contributed by atoms with Gasteiger partial charge in [-0.2, -0.15) is 5.10 Å². The summed E-state index contributed by atoms with van der Waals surface area (Å²) in [5.74, 6) is 2.20. The van der Waals surface area contributed by atoms with E-state index in [0.29, 0.717) is 33.1 Å². The molecule has 1 aliphatic heterocycles. The van der Waals surface area contributed by atoms with Crippen molar-refractivity contribution in [3.8, 4) is 17.2 Å². The van der Waals surface area contributed by atoms with Gasteiger partial charge < -0.3 is 14.2 Å². The number of halogens is 2. The largest absolute Gasteiger partial charge is 0.493 e. The van der Waals surface area contributed by atoms with Gasteiger partial charge in [0.2, 0.25) is 12.5 Å². The second-order valence-electron chi connectivity index (χ2n) is 4.31. The van der Waals surface area contributed by atoms with Crippen LogP contribution in [-0.2, 0) is 0 Å². The zero-order valence-electron chi connectivity index (χ0n) is 11.5. The minimum Gasteiger partial charge on any atom is -0.493 e. The highest BCUT2D eigenvalue weighted by Crippen LogP contribution is 2.41. The third-order valence-corrected chi connectivity index (χ3v) is 3.37. The van der Waals surface area contributed by atoms with Crippen LogP contribution in [0.2, 0.25) is 10.0 Å². The van der Waals surface area contributed by atoms with Gasteiger partial charge in [0.1, 0.15) is 0 Å². The zero-order chi connectivity index (χ0) is 15.5. The number of pyridine rings is 1. The Morgan fingerprint density at radius 2 is 2.18 bits per heavy atom. The topological polar surface area (TPSA) is 65.0 Å². The molecule has 3 rings (SSSR count). The Balaban J connectivity index is 1.78. The molecule has 0 aliphatic carbocycles. The summed E-state index contributed by atoms with van der Waals surface area (Å²) in [6.07, 6.45) is 3.08. The van der Waals surface area contributed by atoms with Crippen LogP contribution in [0.15, 0.2) is 29.5 Å². The smallest absolute Gasteiger partial charge is 0.231 e. The van der Waals surface area contributed by atoms with Gasteiger partial charge in [0.15, 0.2) is 17.3 Å². The number of hydrogen-bond acceptors (Lipinski definition) is 6. The van der Waals surface area contributed by atoms with Gasteiger partial charge in [-0.15, -0.1) is 0 Å². The van der Waals surface area contributed by atoms with E-state index in [1.807, 2.05) is 0 Å². The summed E-state index contributed by atoms with van der Waals surface area (Å²) in [5.41, 5.74) is 3.53. The van der Waals surface area contributed by atoms with Crippen LogP contribution in [0, 0.1) is 0 Å². The van der Waals surface area contributed by atoms with Gasteiger partial charge in [-0.05, 0) is 18.2 Å². The maximum atomic E-state index is 6.00. The van der Waals surface area contributed by atoms with Gasteiger partial charge in [-0.25, -0.2) is 4.98 Å². The molecule has 0 saturated heterocycles. The molecule has 0 radical (unpaired) electrons. The van der Waals surface area contributed by atoms with Crippen molar-refractivity contribution < 1.29 is 14.2 Å². The lowest BCUT2D eigenvalue weighted by Gasteiger charge is -2.06. The average molecular weight is 340 g/mol. The molecule has 0 unspecified atom stereocenters. The van der Waals surface area contributed by atoms with Crippen molar-refractivity contribution in [2.45, 2.75) is 0 Å². The van der Waals surface area contributed by atoms with Gasteiger partial charge in [0, 0.05) is 11.8 Å². The number of rotatable bonds is 4. The Morgan fingerprint density at radius 3 is 2.95 bits per heavy atom. The summed E-state index contributed by atoms with van der Waals surface area (Å²) in [6, 6.07) is 5.17. The van der Waals surface area contributed by atoms with Crippen LogP contribution in [-0.4, -0.2) is 25.1 Å². The maximum Gasteiger partial charge on any atom is 0.231 e. The predicted octanol–water partition coefficient (Wildman–Crippen LogP) is 3.57. The second-order valence-corrected chi connectivity index (χ2v) is 5.15. The van der Waals surface area contributed by atoms with Gasteiger partial charge in [-0.3, -0.25) is 5.43 Å². The van der Waals surface area contributed by atoms with Crippen molar-refractivity contribution in [3.63, 3.8) is 0 Å². The number of hydrazone groups is 1. The molecule has 0 spiro atoms. The number of anilines is 1. The Bertz CT molecular complexity index is 738. The molecule has 2 aromatic rings. The van der Waals surface area contributed by atoms with Crippen LogP contribution < -0.4 is 19.6 Å². The number of benzene rings is 1. The van der Waals surface area contributed by atoms with Crippen LogP contribution in [0.3, 0.4) is 0 Å². The number of hydrogen-bond donors (Lipinski definition) is 1. The van der Waals surface area contributed by atoms with Crippen LogP contribution in [0.1, 0.15) is 5.56 Å². The highest BCUT2D eigenvalue weighted by molar-refractivity contribution is 6.35. The molecule has 0 fully saturated rings. The minimum atomic E-state index is 0.175. The normalized spacial score (nSPS) is 12.7. The molecule has 22 heavy (non-hydrogen) atoms. The molecule has 0 bridgehead atoms. The van der Waals surface area contributed by atoms with E-state index in [1.54, 1.807) is 31.5 Å². The fourth-order valence-corrected chi connectivity index (χ4v) is 2.31. The van der Waals surface area contributed by atoms with Crippen LogP contribution in [0.25, 0.3) is 0 Å². The fraction of sp³-hybridized carbons (Fsp3) is 0.143. The van der Waals surface area contributed by atoms with E-state index in [0.717, 1.165) is 5.56 Å². The van der Waals surface area contributed by atoms with E-state index in [2.05, 4.69) is 15.5 Å². The first-order chi connectivity index (χ1) is 10.7. The summed E-state index contributed by atoms with van der Waals surface area (Å²) in [6.45, 7) is 0.175. The van der Waals surface area contributed by atoms with E-state index in [4.69, 9.17) is 37.4 Å². The average Bonchev–Trinajstić information content (AvgIpc) is 2.97. The van der Waals surface area contributed by atoms with Crippen molar-refractivity contribution in [1.82, 2.24) is 4.98 Å². The summed E-state index contributed by atoms with van der Waals surface area (Å²) in [4.78, 5) is 4.04. The molecule has 0 amide bonds. The number of ether oxygens (including phenoxy) is 3. The summed E-state index contributed by atoms with van der Waals surface area (Å²) in [5, 5.41) is 4.93. The molecule has 114 valence electrons. The molecular formula is C14H11Cl2N3O3. The van der Waals surface area contributed by atoms with Crippen molar-refractivity contribution >= 4 is 35.2 Å². The molecule has 0 saturated carbocycles. The van der Waals surface area contributed by atoms with E-state index in [1.165, 1.54) is 6.20 Å². The minimum absolute atomic E-state index is 0.175. The fourth-order valence-electron chi connectivity index (χ4n) is 1.89. The predicted molar refractivity (Wildman–Crippen MR) is 84.6 cm³/mol. The van der Waals surface area contributed by atoms with E-state index < -0.39 is 0 Å². The molecule has 6 nitrogen and oxygen atoms in total. The Hall–Kier alpha value is -2.18. The number of aromatic nitrogens is 1. The molecule has 1 aliphatic rings. The van der Waals surface area contributed by atoms with Gasteiger partial charge in [0.05, 0.1) is 23.4 Å². The first kappa shape index (κ1) is 14.7. The molecule has 1 N–H and O–H groups in total. The zero-order valence-corrected chi connectivity index (χ0v) is 13.0. The lowest BCUT2D eigenvalue weighted by Crippen LogP contribution is -1.95. The SMILES string of the molecule is COc1cc(/C=N\Nc2ncc(Cl)cc2Cl)cc2c1OCO2. The highest BCUT2D eigenvalue weighted by Gasteiger charge is 2.19. The molecule has 0 atom stereocenters. The Kier molecular flexibility index (Phi) is 4.22. The number of nitrogens with one attached hydrogen (secondary N) is 1. The lowest BCUT2D eigenvalue weighted by atomic mass is 10.2. The van der Waals surface area contributed by atoms with E-state index in [-0.39, 0.29) is 6.79 Å². The van der Waals surface area contributed by atoms with Crippen molar-refractivity contribution in [3.05, 3.63) is 40.0 Å². The van der Waals surface area contributed by atoms with Gasteiger partial charge in [0.25, 0.3) is 0 Å². The first-order valence-corrected chi connectivity index (χ1v) is 7.00. The third-order valence-electron chi connectivity index (χ3n) is 2.87. The highest BCUT2D eigenvalue weighted by atomic mass is 35.5. The van der Waals surface area contributed by atoms with Crippen molar-refractivity contribution in [1.29, 1.82) is 0 Å². The Morgan fingerprint density at radius 1 is 1.32 bits per heavy atom. The van der Waals surface area contributed by atoms with Crippen molar-refractivity contribution in [2.75, 3.05) is 19.3 Å². The van der Waals surface area contributed by atoms with E-state index >= 15 is 0 Å². The molecular weight excluding hydrogens is 329 g/mol. The maximum absolute atomic E-state index is 6.00. The molecule has 1 aromatic carbocycles. The second kappa shape index (κ2) is 6.29. The van der Waals surface area contributed by atoms with Crippen LogP contribution in [0.5, 0.6) is 17.2 Å². The number of methoxy groups -OCH3 is 1. The number of fused-ring (bicyclic) bond motifs is 1. The van der Waals surface area contributed by atoms with Crippen LogP contribution in [0.4, 0.5) is 5.82 Å².